The fourth-order valence-corrected chi connectivity index (χ4v) is 2.05. The average Bonchev–Trinajstić information content (AvgIpc) is 2.95. The van der Waals surface area contributed by atoms with Crippen molar-refractivity contribution in [3.63, 3.8) is 0 Å². The van der Waals surface area contributed by atoms with E-state index in [-0.39, 0.29) is 18.8 Å². The van der Waals surface area contributed by atoms with Crippen LogP contribution in [0.5, 0.6) is 5.75 Å². The molecule has 6 nitrogen and oxygen atoms in total. The van der Waals surface area contributed by atoms with Gasteiger partial charge >= 0.3 is 11.9 Å². The molecule has 1 aromatic carbocycles. The molecule has 0 radical (unpaired) electrons. The summed E-state index contributed by atoms with van der Waals surface area (Å²) >= 11 is 0. The van der Waals surface area contributed by atoms with Crippen molar-refractivity contribution >= 4 is 17.6 Å². The molecule has 0 saturated carbocycles. The molecule has 1 heterocycles. The molecule has 2 rings (SSSR count). The molecule has 0 spiro atoms. The molecule has 0 bridgehead atoms. The van der Waals surface area contributed by atoms with Gasteiger partial charge in [-0.25, -0.2) is 9.59 Å². The first-order chi connectivity index (χ1) is 10.7. The van der Waals surface area contributed by atoms with Gasteiger partial charge in [-0.3, -0.25) is 0 Å². The van der Waals surface area contributed by atoms with E-state index in [1.165, 1.54) is 6.20 Å². The Morgan fingerprint density at radius 3 is 2.55 bits per heavy atom. The van der Waals surface area contributed by atoms with Crippen LogP contribution in [0.4, 0.5) is 5.69 Å². The van der Waals surface area contributed by atoms with E-state index in [2.05, 4.69) is 5.32 Å². The number of nitrogens with one attached hydrogen (secondary N) is 1. The summed E-state index contributed by atoms with van der Waals surface area (Å²) in [5.41, 5.74) is 1.68. The number of ether oxygens (including phenoxy) is 3. The molecule has 1 aromatic rings. The number of hydrogen-bond acceptors (Lipinski definition) is 6. The minimum Gasteiger partial charge on any atom is -0.493 e. The molecular weight excluding hydrogens is 286 g/mol. The zero-order valence-electron chi connectivity index (χ0n) is 12.7. The van der Waals surface area contributed by atoms with Gasteiger partial charge in [0.1, 0.15) is 5.75 Å². The first-order valence-corrected chi connectivity index (χ1v) is 7.22. The second-order valence-corrected chi connectivity index (χ2v) is 4.56. The largest absolute Gasteiger partial charge is 0.493 e. The molecule has 0 amide bonds. The molecule has 0 unspecified atom stereocenters. The van der Waals surface area contributed by atoms with E-state index in [1.54, 1.807) is 13.8 Å². The Morgan fingerprint density at radius 1 is 1.23 bits per heavy atom. The predicted octanol–water partition coefficient (Wildman–Crippen LogP) is 2.04. The zero-order valence-corrected chi connectivity index (χ0v) is 12.7. The number of anilines is 1. The minimum absolute atomic E-state index is 0.166. The Kier molecular flexibility index (Phi) is 5.41. The maximum Gasteiger partial charge on any atom is 0.347 e. The number of carbonyl (C=O) groups excluding carboxylic acids is 2. The van der Waals surface area contributed by atoms with Gasteiger partial charge in [0.15, 0.2) is 5.57 Å². The van der Waals surface area contributed by atoms with Crippen LogP contribution < -0.4 is 10.1 Å². The van der Waals surface area contributed by atoms with Gasteiger partial charge < -0.3 is 19.5 Å². The number of benzene rings is 1. The van der Waals surface area contributed by atoms with Gasteiger partial charge in [-0.05, 0) is 37.6 Å². The van der Waals surface area contributed by atoms with E-state index in [0.29, 0.717) is 6.61 Å². The molecule has 22 heavy (non-hydrogen) atoms. The van der Waals surface area contributed by atoms with Crippen LogP contribution in [0.2, 0.25) is 0 Å². The molecule has 0 aromatic heterocycles. The second kappa shape index (κ2) is 7.49. The van der Waals surface area contributed by atoms with E-state index < -0.39 is 11.9 Å². The molecular formula is C16H19NO5. The molecule has 1 aliphatic heterocycles. The predicted molar refractivity (Wildman–Crippen MR) is 80.6 cm³/mol. The fraction of sp³-hybridized carbons (Fsp3) is 0.375. The summed E-state index contributed by atoms with van der Waals surface area (Å²) < 4.78 is 15.2. The van der Waals surface area contributed by atoms with E-state index in [0.717, 1.165) is 23.4 Å². The Balaban J connectivity index is 2.14. The van der Waals surface area contributed by atoms with Gasteiger partial charge in [-0.2, -0.15) is 0 Å². The second-order valence-electron chi connectivity index (χ2n) is 4.56. The quantitative estimate of drug-likeness (QED) is 0.375. The number of hydrogen-bond donors (Lipinski definition) is 1. The summed E-state index contributed by atoms with van der Waals surface area (Å²) in [7, 11) is 0. The highest BCUT2D eigenvalue weighted by molar-refractivity contribution is 6.14. The molecule has 0 atom stereocenters. The minimum atomic E-state index is -0.710. The lowest BCUT2D eigenvalue weighted by Crippen LogP contribution is -2.19. The summed E-state index contributed by atoms with van der Waals surface area (Å²) in [5.74, 6) is -0.554. The topological polar surface area (TPSA) is 73.9 Å². The first-order valence-electron chi connectivity index (χ1n) is 7.22. The highest BCUT2D eigenvalue weighted by atomic mass is 16.6. The fourth-order valence-electron chi connectivity index (χ4n) is 2.05. The summed E-state index contributed by atoms with van der Waals surface area (Å²) in [6.07, 6.45) is 2.16. The van der Waals surface area contributed by atoms with Crippen molar-refractivity contribution in [2.45, 2.75) is 20.3 Å². The van der Waals surface area contributed by atoms with Crippen molar-refractivity contribution in [3.8, 4) is 5.75 Å². The Bertz CT molecular complexity index is 574. The van der Waals surface area contributed by atoms with Crippen molar-refractivity contribution in [3.05, 3.63) is 35.5 Å². The molecule has 1 aliphatic rings. The summed E-state index contributed by atoms with van der Waals surface area (Å²) in [6.45, 7) is 4.40. The Hall–Kier alpha value is -2.50. The van der Waals surface area contributed by atoms with Crippen molar-refractivity contribution in [2.75, 3.05) is 25.1 Å². The van der Waals surface area contributed by atoms with Crippen LogP contribution in [0.3, 0.4) is 0 Å². The van der Waals surface area contributed by atoms with Crippen LogP contribution >= 0.6 is 0 Å². The van der Waals surface area contributed by atoms with Gasteiger partial charge in [-0.15, -0.1) is 0 Å². The number of carbonyl (C=O) groups is 2. The third-order valence-electron chi connectivity index (χ3n) is 3.06. The lowest BCUT2D eigenvalue weighted by Gasteiger charge is -2.08. The molecule has 6 heteroatoms. The molecule has 0 aliphatic carbocycles. The van der Waals surface area contributed by atoms with E-state index in [1.807, 2.05) is 18.2 Å². The first kappa shape index (κ1) is 15.9. The van der Waals surface area contributed by atoms with Crippen LogP contribution in [-0.4, -0.2) is 31.8 Å². The standard InChI is InChI=1S/C16H19NO5/c1-3-20-15(18)13(16(19)21-4-2)10-17-12-5-6-14-11(9-12)7-8-22-14/h5-6,9-10,17H,3-4,7-8H2,1-2H3. The summed E-state index contributed by atoms with van der Waals surface area (Å²) in [4.78, 5) is 23.6. The highest BCUT2D eigenvalue weighted by Crippen LogP contribution is 2.27. The van der Waals surface area contributed by atoms with E-state index >= 15 is 0 Å². The molecule has 1 N–H and O–H groups in total. The molecule has 0 fully saturated rings. The van der Waals surface area contributed by atoms with Crippen LogP contribution in [0, 0.1) is 0 Å². The molecule has 0 saturated heterocycles. The molecule has 118 valence electrons. The van der Waals surface area contributed by atoms with Crippen molar-refractivity contribution in [2.24, 2.45) is 0 Å². The van der Waals surface area contributed by atoms with Gasteiger partial charge in [0.05, 0.1) is 19.8 Å². The summed E-state index contributed by atoms with van der Waals surface area (Å²) in [5, 5.41) is 2.93. The Morgan fingerprint density at radius 2 is 1.91 bits per heavy atom. The Labute approximate surface area is 129 Å². The monoisotopic (exact) mass is 305 g/mol. The van der Waals surface area contributed by atoms with Gasteiger partial charge in [-0.1, -0.05) is 0 Å². The van der Waals surface area contributed by atoms with Gasteiger partial charge in [0, 0.05) is 18.3 Å². The van der Waals surface area contributed by atoms with Crippen LogP contribution in [0.15, 0.2) is 30.0 Å². The lowest BCUT2D eigenvalue weighted by molar-refractivity contribution is -0.146. The smallest absolute Gasteiger partial charge is 0.347 e. The van der Waals surface area contributed by atoms with Crippen molar-refractivity contribution < 1.29 is 23.8 Å². The van der Waals surface area contributed by atoms with Crippen molar-refractivity contribution in [1.82, 2.24) is 0 Å². The highest BCUT2D eigenvalue weighted by Gasteiger charge is 2.21. The van der Waals surface area contributed by atoms with Crippen LogP contribution in [0.1, 0.15) is 19.4 Å². The van der Waals surface area contributed by atoms with Crippen LogP contribution in [-0.2, 0) is 25.5 Å². The number of rotatable bonds is 6. The lowest BCUT2D eigenvalue weighted by atomic mass is 10.1. The maximum atomic E-state index is 11.8. The van der Waals surface area contributed by atoms with Crippen molar-refractivity contribution in [1.29, 1.82) is 0 Å². The third-order valence-corrected chi connectivity index (χ3v) is 3.06. The summed E-state index contributed by atoms with van der Waals surface area (Å²) in [6, 6.07) is 5.59. The third kappa shape index (κ3) is 3.78. The van der Waals surface area contributed by atoms with E-state index in [9.17, 15) is 9.59 Å². The van der Waals surface area contributed by atoms with Gasteiger partial charge in [0.2, 0.25) is 0 Å². The maximum absolute atomic E-state index is 11.8. The van der Waals surface area contributed by atoms with Gasteiger partial charge in [0.25, 0.3) is 0 Å². The van der Waals surface area contributed by atoms with Crippen LogP contribution in [0.25, 0.3) is 0 Å². The normalized spacial score (nSPS) is 11.9. The SMILES string of the molecule is CCOC(=O)C(=CNc1ccc2c(c1)CCO2)C(=O)OCC. The average molecular weight is 305 g/mol. The zero-order chi connectivity index (χ0) is 15.9. The number of esters is 2. The van der Waals surface area contributed by atoms with E-state index in [4.69, 9.17) is 14.2 Å². The number of fused-ring (bicyclic) bond motifs is 1.